The van der Waals surface area contributed by atoms with Gasteiger partial charge in [-0.15, -0.1) is 0 Å². The number of anilines is 2. The number of nitrogens with one attached hydrogen (secondary N) is 1. The van der Waals surface area contributed by atoms with Gasteiger partial charge >= 0.3 is 0 Å². The summed E-state index contributed by atoms with van der Waals surface area (Å²) in [4.78, 5) is 20.9. The van der Waals surface area contributed by atoms with E-state index in [1.807, 2.05) is 6.92 Å². The van der Waals surface area contributed by atoms with Gasteiger partial charge in [0, 0.05) is 13.6 Å². The molecule has 1 amide bonds. The summed E-state index contributed by atoms with van der Waals surface area (Å²) in [7, 11) is 1.72. The molecular weight excluding hydrogens is 242 g/mol. The Morgan fingerprint density at radius 2 is 2.35 bits per heavy atom. The maximum absolute atomic E-state index is 11.5. The molecule has 1 rings (SSSR count). The standard InChI is InChI=1S/C10H16ClN5O/c1-3-4-13-8(17)6-16(2)9-7(12)5-14-10(11)15-9/h5H,3-4,6,12H2,1-2H3,(H,13,17). The fraction of sp³-hybridized carbons (Fsp3) is 0.500. The Labute approximate surface area is 105 Å². The fourth-order valence-corrected chi connectivity index (χ4v) is 1.41. The maximum Gasteiger partial charge on any atom is 0.239 e. The summed E-state index contributed by atoms with van der Waals surface area (Å²) in [5, 5.41) is 2.88. The third-order valence-corrected chi connectivity index (χ3v) is 2.26. The molecular formula is C10H16ClN5O. The number of halogens is 1. The van der Waals surface area contributed by atoms with Crippen LogP contribution in [0.15, 0.2) is 6.20 Å². The van der Waals surface area contributed by atoms with Gasteiger partial charge in [-0.1, -0.05) is 6.92 Å². The summed E-state index contributed by atoms with van der Waals surface area (Å²) in [6.45, 7) is 2.83. The number of hydrogen-bond acceptors (Lipinski definition) is 5. The molecule has 17 heavy (non-hydrogen) atoms. The van der Waals surface area contributed by atoms with Crippen molar-refractivity contribution in [2.75, 3.05) is 30.8 Å². The smallest absolute Gasteiger partial charge is 0.239 e. The zero-order valence-electron chi connectivity index (χ0n) is 9.90. The maximum atomic E-state index is 11.5. The fourth-order valence-electron chi connectivity index (χ4n) is 1.28. The Morgan fingerprint density at radius 3 is 3.00 bits per heavy atom. The highest BCUT2D eigenvalue weighted by Crippen LogP contribution is 2.19. The monoisotopic (exact) mass is 257 g/mol. The highest BCUT2D eigenvalue weighted by atomic mass is 35.5. The lowest BCUT2D eigenvalue weighted by Crippen LogP contribution is -2.36. The Bertz CT molecular complexity index is 398. The van der Waals surface area contributed by atoms with Crippen LogP contribution in [-0.4, -0.2) is 36.0 Å². The van der Waals surface area contributed by atoms with Gasteiger partial charge in [0.2, 0.25) is 11.2 Å². The Balaban J connectivity index is 2.66. The van der Waals surface area contributed by atoms with E-state index in [9.17, 15) is 4.79 Å². The molecule has 1 aromatic heterocycles. The average Bonchev–Trinajstić information content (AvgIpc) is 2.29. The molecule has 0 radical (unpaired) electrons. The van der Waals surface area contributed by atoms with Gasteiger partial charge in [-0.05, 0) is 18.0 Å². The summed E-state index contributed by atoms with van der Waals surface area (Å²) in [6, 6.07) is 0. The number of rotatable bonds is 5. The number of carbonyl (C=O) groups excluding carboxylic acids is 1. The van der Waals surface area contributed by atoms with E-state index in [0.717, 1.165) is 6.42 Å². The van der Waals surface area contributed by atoms with Crippen LogP contribution in [0, 0.1) is 0 Å². The lowest BCUT2D eigenvalue weighted by molar-refractivity contribution is -0.119. The lowest BCUT2D eigenvalue weighted by Gasteiger charge is -2.18. The first-order chi connectivity index (χ1) is 8.04. The van der Waals surface area contributed by atoms with Gasteiger partial charge in [0.15, 0.2) is 5.82 Å². The summed E-state index contributed by atoms with van der Waals surface area (Å²) in [5.74, 6) is 0.375. The number of nitrogen functional groups attached to an aromatic ring is 1. The first-order valence-corrected chi connectivity index (χ1v) is 5.68. The van der Waals surface area contributed by atoms with Crippen LogP contribution in [0.3, 0.4) is 0 Å². The van der Waals surface area contributed by atoms with Gasteiger partial charge < -0.3 is 16.0 Å². The van der Waals surface area contributed by atoms with Crippen LogP contribution in [0.2, 0.25) is 5.28 Å². The van der Waals surface area contributed by atoms with Crippen molar-refractivity contribution >= 4 is 29.0 Å². The predicted octanol–water partition coefficient (Wildman–Crippen LogP) is 0.675. The number of aromatic nitrogens is 2. The van der Waals surface area contributed by atoms with Crippen molar-refractivity contribution in [3.05, 3.63) is 11.5 Å². The van der Waals surface area contributed by atoms with Gasteiger partial charge in [0.25, 0.3) is 0 Å². The van der Waals surface area contributed by atoms with E-state index >= 15 is 0 Å². The summed E-state index contributed by atoms with van der Waals surface area (Å²) < 4.78 is 0. The number of hydrogen-bond donors (Lipinski definition) is 2. The number of nitrogens with two attached hydrogens (primary N) is 1. The SMILES string of the molecule is CCCNC(=O)CN(C)c1nc(Cl)ncc1N. The van der Waals surface area contributed by atoms with Crippen molar-refractivity contribution in [2.24, 2.45) is 0 Å². The van der Waals surface area contributed by atoms with E-state index in [0.29, 0.717) is 18.1 Å². The lowest BCUT2D eigenvalue weighted by atomic mass is 10.4. The van der Waals surface area contributed by atoms with Crippen molar-refractivity contribution < 1.29 is 4.79 Å². The van der Waals surface area contributed by atoms with Crippen molar-refractivity contribution in [2.45, 2.75) is 13.3 Å². The van der Waals surface area contributed by atoms with E-state index in [2.05, 4.69) is 15.3 Å². The molecule has 6 nitrogen and oxygen atoms in total. The molecule has 0 saturated carbocycles. The van der Waals surface area contributed by atoms with Crippen LogP contribution >= 0.6 is 11.6 Å². The van der Waals surface area contributed by atoms with Crippen LogP contribution < -0.4 is 16.0 Å². The average molecular weight is 258 g/mol. The Morgan fingerprint density at radius 1 is 1.65 bits per heavy atom. The van der Waals surface area contributed by atoms with Gasteiger partial charge in [-0.25, -0.2) is 4.98 Å². The van der Waals surface area contributed by atoms with Crippen LogP contribution in [0.25, 0.3) is 0 Å². The number of likely N-dealkylation sites (N-methyl/N-ethyl adjacent to an activating group) is 1. The first-order valence-electron chi connectivity index (χ1n) is 5.30. The van der Waals surface area contributed by atoms with Crippen LogP contribution in [0.5, 0.6) is 0 Å². The van der Waals surface area contributed by atoms with Crippen molar-refractivity contribution in [3.8, 4) is 0 Å². The molecule has 0 fully saturated rings. The molecule has 0 atom stereocenters. The molecule has 0 aliphatic carbocycles. The molecule has 1 aromatic rings. The van der Waals surface area contributed by atoms with E-state index in [-0.39, 0.29) is 17.7 Å². The minimum absolute atomic E-state index is 0.0801. The zero-order valence-corrected chi connectivity index (χ0v) is 10.7. The zero-order chi connectivity index (χ0) is 12.8. The molecule has 0 spiro atoms. The van der Waals surface area contributed by atoms with E-state index in [1.54, 1.807) is 11.9 Å². The summed E-state index contributed by atoms with van der Waals surface area (Å²) >= 11 is 5.68. The Kier molecular flexibility index (Phi) is 4.96. The molecule has 0 aliphatic heterocycles. The number of amides is 1. The molecule has 7 heteroatoms. The molecule has 1 heterocycles. The van der Waals surface area contributed by atoms with E-state index in [4.69, 9.17) is 17.3 Å². The minimum Gasteiger partial charge on any atom is -0.394 e. The molecule has 0 saturated heterocycles. The van der Waals surface area contributed by atoms with Crippen molar-refractivity contribution in [1.82, 2.24) is 15.3 Å². The summed E-state index contributed by atoms with van der Waals surface area (Å²) in [6.07, 6.45) is 2.32. The molecule has 0 aromatic carbocycles. The van der Waals surface area contributed by atoms with Crippen molar-refractivity contribution in [3.63, 3.8) is 0 Å². The largest absolute Gasteiger partial charge is 0.394 e. The van der Waals surface area contributed by atoms with Gasteiger partial charge in [-0.3, -0.25) is 4.79 Å². The number of carbonyl (C=O) groups is 1. The van der Waals surface area contributed by atoms with Crippen LogP contribution in [0.4, 0.5) is 11.5 Å². The quantitative estimate of drug-likeness (QED) is 0.758. The second-order valence-corrected chi connectivity index (χ2v) is 3.96. The second kappa shape index (κ2) is 6.24. The van der Waals surface area contributed by atoms with Gasteiger partial charge in [0.1, 0.15) is 0 Å². The topological polar surface area (TPSA) is 84.1 Å². The van der Waals surface area contributed by atoms with E-state index < -0.39 is 0 Å². The highest BCUT2D eigenvalue weighted by Gasteiger charge is 2.12. The number of nitrogens with zero attached hydrogens (tertiary/aromatic N) is 3. The third kappa shape index (κ3) is 4.07. The summed E-state index contributed by atoms with van der Waals surface area (Å²) in [5.41, 5.74) is 6.10. The molecule has 0 aliphatic rings. The molecule has 0 bridgehead atoms. The third-order valence-electron chi connectivity index (χ3n) is 2.08. The molecule has 0 unspecified atom stereocenters. The minimum atomic E-state index is -0.0801. The van der Waals surface area contributed by atoms with Crippen LogP contribution in [0.1, 0.15) is 13.3 Å². The molecule has 3 N–H and O–H groups in total. The van der Waals surface area contributed by atoms with Gasteiger partial charge in [0.05, 0.1) is 18.4 Å². The first kappa shape index (κ1) is 13.5. The molecule has 94 valence electrons. The predicted molar refractivity (Wildman–Crippen MR) is 68.0 cm³/mol. The normalized spacial score (nSPS) is 10.1. The van der Waals surface area contributed by atoms with Crippen molar-refractivity contribution in [1.29, 1.82) is 0 Å². The van der Waals surface area contributed by atoms with Gasteiger partial charge in [-0.2, -0.15) is 4.98 Å². The van der Waals surface area contributed by atoms with E-state index in [1.165, 1.54) is 6.20 Å². The second-order valence-electron chi connectivity index (χ2n) is 3.62. The Hall–Kier alpha value is -1.56. The highest BCUT2D eigenvalue weighted by molar-refractivity contribution is 6.28. The van der Waals surface area contributed by atoms with Crippen LogP contribution in [-0.2, 0) is 4.79 Å².